The molecule has 1 rings (SSSR count). The normalized spacial score (nSPS) is 10.5. The topological polar surface area (TPSA) is 79.0 Å². The highest BCUT2D eigenvalue weighted by atomic mass is 16.1. The average Bonchev–Trinajstić information content (AvgIpc) is 2.34. The van der Waals surface area contributed by atoms with Crippen LogP contribution in [-0.4, -0.2) is 11.9 Å². The molecule has 0 aromatic heterocycles. The maximum absolute atomic E-state index is 11.2. The first-order valence-electron chi connectivity index (χ1n) is 6.04. The number of carbonyl (C=O) groups is 1. The molecule has 0 spiro atoms. The van der Waals surface area contributed by atoms with Crippen LogP contribution in [0.15, 0.2) is 30.3 Å². The molecule has 0 atom stereocenters. The minimum Gasteiger partial charge on any atom is -0.370 e. The number of nitrogens with one attached hydrogen (secondary N) is 2. The van der Waals surface area contributed by atoms with E-state index < -0.39 is 5.91 Å². The van der Waals surface area contributed by atoms with Crippen LogP contribution in [-0.2, 0) is 11.2 Å². The van der Waals surface area contributed by atoms with Gasteiger partial charge in [0.2, 0.25) is 0 Å². The zero-order valence-electron chi connectivity index (χ0n) is 10.6. The predicted octanol–water partition coefficient (Wildman–Crippen LogP) is 2.05. The fourth-order valence-electron chi connectivity index (χ4n) is 1.52. The Kier molecular flexibility index (Phi) is 5.64. The van der Waals surface area contributed by atoms with Crippen LogP contribution < -0.4 is 11.1 Å². The summed E-state index contributed by atoms with van der Waals surface area (Å²) in [5, 5.41) is 9.10. The van der Waals surface area contributed by atoms with Gasteiger partial charge in [0.15, 0.2) is 5.96 Å². The van der Waals surface area contributed by atoms with E-state index in [1.54, 1.807) is 6.08 Å². The molecule has 0 saturated heterocycles. The number of rotatable bonds is 5. The van der Waals surface area contributed by atoms with Crippen LogP contribution in [0, 0.1) is 5.41 Å². The SMILES string of the molecule is CCCCc1ccc(C=CC(=O)NC(=N)N)cc1. The first-order chi connectivity index (χ1) is 8.61. The van der Waals surface area contributed by atoms with E-state index >= 15 is 0 Å². The molecule has 0 fully saturated rings. The second kappa shape index (κ2) is 7.27. The van der Waals surface area contributed by atoms with Gasteiger partial charge >= 0.3 is 0 Å². The Balaban J connectivity index is 2.55. The quantitative estimate of drug-likeness (QED) is 0.421. The smallest absolute Gasteiger partial charge is 0.250 e. The molecule has 0 aliphatic carbocycles. The van der Waals surface area contributed by atoms with E-state index in [1.165, 1.54) is 24.5 Å². The number of hydrogen-bond donors (Lipinski definition) is 3. The summed E-state index contributed by atoms with van der Waals surface area (Å²) in [6.07, 6.45) is 6.53. The zero-order chi connectivity index (χ0) is 13.4. The lowest BCUT2D eigenvalue weighted by Gasteiger charge is -2.00. The molecule has 0 aliphatic rings. The van der Waals surface area contributed by atoms with E-state index in [1.807, 2.05) is 12.1 Å². The van der Waals surface area contributed by atoms with Crippen LogP contribution in [0.25, 0.3) is 6.08 Å². The van der Waals surface area contributed by atoms with Crippen molar-refractivity contribution in [1.29, 1.82) is 5.41 Å². The minimum atomic E-state index is -0.391. The molecule has 0 heterocycles. The molecule has 0 saturated carbocycles. The third-order valence-electron chi connectivity index (χ3n) is 2.48. The van der Waals surface area contributed by atoms with Crippen LogP contribution in [0.3, 0.4) is 0 Å². The number of hydrogen-bond acceptors (Lipinski definition) is 2. The van der Waals surface area contributed by atoms with Crippen molar-refractivity contribution in [2.24, 2.45) is 5.73 Å². The second-order valence-corrected chi connectivity index (χ2v) is 4.08. The van der Waals surface area contributed by atoms with Gasteiger partial charge in [0.25, 0.3) is 5.91 Å². The Labute approximate surface area is 107 Å². The summed E-state index contributed by atoms with van der Waals surface area (Å²) in [4.78, 5) is 11.2. The maximum Gasteiger partial charge on any atom is 0.250 e. The van der Waals surface area contributed by atoms with Gasteiger partial charge in [0.05, 0.1) is 0 Å². The largest absolute Gasteiger partial charge is 0.370 e. The van der Waals surface area contributed by atoms with Crippen molar-refractivity contribution >= 4 is 17.9 Å². The average molecular weight is 245 g/mol. The number of amides is 1. The van der Waals surface area contributed by atoms with Crippen molar-refractivity contribution in [3.63, 3.8) is 0 Å². The number of carbonyl (C=O) groups excluding carboxylic acids is 1. The fraction of sp³-hybridized carbons (Fsp3) is 0.286. The van der Waals surface area contributed by atoms with Gasteiger partial charge in [0.1, 0.15) is 0 Å². The molecule has 0 bridgehead atoms. The van der Waals surface area contributed by atoms with Gasteiger partial charge in [-0.25, -0.2) is 0 Å². The predicted molar refractivity (Wildman–Crippen MR) is 74.1 cm³/mol. The van der Waals surface area contributed by atoms with Gasteiger partial charge in [-0.3, -0.25) is 15.5 Å². The Morgan fingerprint density at radius 3 is 2.61 bits per heavy atom. The molecule has 4 nitrogen and oxygen atoms in total. The van der Waals surface area contributed by atoms with Gasteiger partial charge in [0, 0.05) is 6.08 Å². The van der Waals surface area contributed by atoms with E-state index in [-0.39, 0.29) is 5.96 Å². The second-order valence-electron chi connectivity index (χ2n) is 4.08. The number of aryl methyl sites for hydroxylation is 1. The Morgan fingerprint density at radius 1 is 1.39 bits per heavy atom. The highest BCUT2D eigenvalue weighted by Gasteiger charge is 1.96. The number of benzene rings is 1. The molecule has 0 aliphatic heterocycles. The standard InChI is InChI=1S/C14H19N3O/c1-2-3-4-11-5-7-12(8-6-11)9-10-13(18)17-14(15)16/h5-10H,2-4H2,1H3,(H4,15,16,17,18). The molecule has 18 heavy (non-hydrogen) atoms. The summed E-state index contributed by atoms with van der Waals surface area (Å²) in [7, 11) is 0. The molecule has 1 amide bonds. The molecule has 1 aromatic rings. The fourth-order valence-corrected chi connectivity index (χ4v) is 1.52. The Morgan fingerprint density at radius 2 is 2.06 bits per heavy atom. The van der Waals surface area contributed by atoms with Crippen molar-refractivity contribution < 1.29 is 4.79 Å². The van der Waals surface area contributed by atoms with Crippen LogP contribution in [0.4, 0.5) is 0 Å². The molecular formula is C14H19N3O. The van der Waals surface area contributed by atoms with E-state index in [0.717, 1.165) is 12.0 Å². The maximum atomic E-state index is 11.2. The Hall–Kier alpha value is -2.10. The number of unbranched alkanes of at least 4 members (excludes halogenated alkanes) is 1. The first-order valence-corrected chi connectivity index (χ1v) is 6.04. The van der Waals surface area contributed by atoms with Crippen molar-refractivity contribution in [1.82, 2.24) is 5.32 Å². The lowest BCUT2D eigenvalue weighted by molar-refractivity contribution is -0.115. The first kappa shape index (κ1) is 14.0. The number of nitrogens with two attached hydrogens (primary N) is 1. The molecule has 96 valence electrons. The monoisotopic (exact) mass is 245 g/mol. The van der Waals surface area contributed by atoms with Crippen molar-refractivity contribution in [3.05, 3.63) is 41.5 Å². The lowest BCUT2D eigenvalue weighted by atomic mass is 10.1. The highest BCUT2D eigenvalue weighted by Crippen LogP contribution is 2.09. The zero-order valence-corrected chi connectivity index (χ0v) is 10.6. The van der Waals surface area contributed by atoms with Gasteiger partial charge in [-0.15, -0.1) is 0 Å². The van der Waals surface area contributed by atoms with Gasteiger partial charge in [-0.1, -0.05) is 37.6 Å². The summed E-state index contributed by atoms with van der Waals surface area (Å²) in [5.74, 6) is -0.739. The van der Waals surface area contributed by atoms with E-state index in [9.17, 15) is 4.79 Å². The third-order valence-corrected chi connectivity index (χ3v) is 2.48. The molecule has 1 aromatic carbocycles. The summed E-state index contributed by atoms with van der Waals surface area (Å²) in [5.41, 5.74) is 7.31. The molecule has 4 N–H and O–H groups in total. The highest BCUT2D eigenvalue weighted by molar-refractivity contribution is 6.02. The molecular weight excluding hydrogens is 226 g/mol. The van der Waals surface area contributed by atoms with Crippen LogP contribution >= 0.6 is 0 Å². The van der Waals surface area contributed by atoms with Gasteiger partial charge in [-0.05, 0) is 30.0 Å². The lowest BCUT2D eigenvalue weighted by Crippen LogP contribution is -2.34. The minimum absolute atomic E-state index is 0.348. The van der Waals surface area contributed by atoms with Crippen LogP contribution in [0.2, 0.25) is 0 Å². The van der Waals surface area contributed by atoms with Crippen molar-refractivity contribution in [2.45, 2.75) is 26.2 Å². The summed E-state index contributed by atoms with van der Waals surface area (Å²) in [6, 6.07) is 8.08. The summed E-state index contributed by atoms with van der Waals surface area (Å²) < 4.78 is 0. The van der Waals surface area contributed by atoms with Crippen molar-refractivity contribution in [2.75, 3.05) is 0 Å². The molecule has 0 unspecified atom stereocenters. The van der Waals surface area contributed by atoms with Gasteiger partial charge in [-0.2, -0.15) is 0 Å². The van der Waals surface area contributed by atoms with Crippen LogP contribution in [0.1, 0.15) is 30.9 Å². The summed E-state index contributed by atoms with van der Waals surface area (Å²) >= 11 is 0. The Bertz CT molecular complexity index is 435. The van der Waals surface area contributed by atoms with Crippen LogP contribution in [0.5, 0.6) is 0 Å². The van der Waals surface area contributed by atoms with Crippen molar-refractivity contribution in [3.8, 4) is 0 Å². The van der Waals surface area contributed by atoms with E-state index in [4.69, 9.17) is 11.1 Å². The molecule has 4 heteroatoms. The van der Waals surface area contributed by atoms with Gasteiger partial charge < -0.3 is 5.73 Å². The molecule has 0 radical (unpaired) electrons. The number of guanidine groups is 1. The third kappa shape index (κ3) is 5.30. The van der Waals surface area contributed by atoms with E-state index in [0.29, 0.717) is 0 Å². The summed E-state index contributed by atoms with van der Waals surface area (Å²) in [6.45, 7) is 2.17. The van der Waals surface area contributed by atoms with E-state index in [2.05, 4.69) is 24.4 Å².